The Morgan fingerprint density at radius 1 is 1.42 bits per heavy atom. The minimum atomic E-state index is 0.0864. The van der Waals surface area contributed by atoms with E-state index in [4.69, 9.17) is 4.74 Å². The monoisotopic (exact) mass is 261 g/mol. The van der Waals surface area contributed by atoms with Crippen molar-refractivity contribution in [3.63, 3.8) is 0 Å². The first-order valence-corrected chi connectivity index (χ1v) is 6.97. The van der Waals surface area contributed by atoms with Gasteiger partial charge in [0.15, 0.2) is 0 Å². The summed E-state index contributed by atoms with van der Waals surface area (Å²) in [4.78, 5) is 12.4. The van der Waals surface area contributed by atoms with E-state index in [-0.39, 0.29) is 11.6 Å². The second kappa shape index (κ2) is 5.17. The van der Waals surface area contributed by atoms with Gasteiger partial charge in [0, 0.05) is 37.1 Å². The van der Waals surface area contributed by atoms with Crippen LogP contribution in [0.1, 0.15) is 37.9 Å². The van der Waals surface area contributed by atoms with Crippen molar-refractivity contribution in [2.75, 3.05) is 13.2 Å². The van der Waals surface area contributed by atoms with E-state index >= 15 is 0 Å². The van der Waals surface area contributed by atoms with Gasteiger partial charge in [-0.25, -0.2) is 4.52 Å². The van der Waals surface area contributed by atoms with Crippen molar-refractivity contribution in [3.05, 3.63) is 34.4 Å². The standard InChI is InChI=1S/C14H19N3O2/c1-2-3-12-10-14(18)16(11-5-8-19-9-6-11)13-4-7-15-17(12)13/h4,7,10-11H,2-3,5-6,8-9H2,1H3. The van der Waals surface area contributed by atoms with Gasteiger partial charge in [-0.3, -0.25) is 9.36 Å². The van der Waals surface area contributed by atoms with Crippen molar-refractivity contribution >= 4 is 5.65 Å². The van der Waals surface area contributed by atoms with Gasteiger partial charge in [-0.1, -0.05) is 13.3 Å². The van der Waals surface area contributed by atoms with E-state index in [2.05, 4.69) is 12.0 Å². The summed E-state index contributed by atoms with van der Waals surface area (Å²) in [6.45, 7) is 3.57. The highest BCUT2D eigenvalue weighted by Gasteiger charge is 2.20. The lowest BCUT2D eigenvalue weighted by Gasteiger charge is -2.25. The topological polar surface area (TPSA) is 48.5 Å². The number of ether oxygens (including phenoxy) is 1. The van der Waals surface area contributed by atoms with Gasteiger partial charge < -0.3 is 4.74 Å². The summed E-state index contributed by atoms with van der Waals surface area (Å²) < 4.78 is 9.17. The first-order valence-electron chi connectivity index (χ1n) is 6.97. The maximum Gasteiger partial charge on any atom is 0.254 e. The zero-order chi connectivity index (χ0) is 13.2. The maximum absolute atomic E-state index is 12.4. The normalized spacial score (nSPS) is 17.1. The molecule has 0 aliphatic carbocycles. The maximum atomic E-state index is 12.4. The van der Waals surface area contributed by atoms with Gasteiger partial charge in [0.25, 0.3) is 5.56 Å². The third kappa shape index (κ3) is 2.18. The number of aryl methyl sites for hydroxylation is 1. The average Bonchev–Trinajstić information content (AvgIpc) is 2.89. The third-order valence-corrected chi connectivity index (χ3v) is 3.73. The lowest BCUT2D eigenvalue weighted by atomic mass is 10.1. The summed E-state index contributed by atoms with van der Waals surface area (Å²) in [5.41, 5.74) is 1.99. The summed E-state index contributed by atoms with van der Waals surface area (Å²) in [5, 5.41) is 4.36. The molecule has 0 aromatic carbocycles. The van der Waals surface area contributed by atoms with Gasteiger partial charge in [-0.15, -0.1) is 0 Å². The second-order valence-electron chi connectivity index (χ2n) is 5.04. The number of aromatic nitrogens is 3. The molecule has 19 heavy (non-hydrogen) atoms. The molecule has 2 aromatic rings. The van der Waals surface area contributed by atoms with E-state index in [1.807, 2.05) is 15.1 Å². The molecule has 1 aliphatic heterocycles. The minimum Gasteiger partial charge on any atom is -0.381 e. The molecular formula is C14H19N3O2. The molecule has 0 bridgehead atoms. The summed E-state index contributed by atoms with van der Waals surface area (Å²) >= 11 is 0. The number of hydrogen-bond donors (Lipinski definition) is 0. The molecular weight excluding hydrogens is 242 g/mol. The van der Waals surface area contributed by atoms with Crippen molar-refractivity contribution in [3.8, 4) is 0 Å². The molecule has 3 heterocycles. The molecule has 0 atom stereocenters. The van der Waals surface area contributed by atoms with Crippen LogP contribution in [0.2, 0.25) is 0 Å². The van der Waals surface area contributed by atoms with Crippen molar-refractivity contribution < 1.29 is 4.74 Å². The Balaban J connectivity index is 2.13. The van der Waals surface area contributed by atoms with Crippen LogP contribution in [-0.2, 0) is 11.2 Å². The van der Waals surface area contributed by atoms with Gasteiger partial charge >= 0.3 is 0 Å². The van der Waals surface area contributed by atoms with Crippen molar-refractivity contribution in [1.82, 2.24) is 14.2 Å². The first kappa shape index (κ1) is 12.4. The van der Waals surface area contributed by atoms with Crippen molar-refractivity contribution in [2.24, 2.45) is 0 Å². The molecule has 0 N–H and O–H groups in total. The SMILES string of the molecule is CCCc1cc(=O)n(C2CCOCC2)c2ccnn12. The number of fused-ring (bicyclic) bond motifs is 1. The lowest BCUT2D eigenvalue weighted by molar-refractivity contribution is 0.0695. The van der Waals surface area contributed by atoms with Crippen molar-refractivity contribution in [1.29, 1.82) is 0 Å². The number of rotatable bonds is 3. The molecule has 1 saturated heterocycles. The molecule has 102 valence electrons. The van der Waals surface area contributed by atoms with Gasteiger partial charge in [0.1, 0.15) is 5.65 Å². The molecule has 5 heteroatoms. The smallest absolute Gasteiger partial charge is 0.254 e. The van der Waals surface area contributed by atoms with Gasteiger partial charge in [-0.05, 0) is 19.3 Å². The molecule has 0 radical (unpaired) electrons. The largest absolute Gasteiger partial charge is 0.381 e. The summed E-state index contributed by atoms with van der Waals surface area (Å²) in [6, 6.07) is 3.89. The van der Waals surface area contributed by atoms with Gasteiger partial charge in [0.2, 0.25) is 0 Å². The van der Waals surface area contributed by atoms with E-state index < -0.39 is 0 Å². The van der Waals surface area contributed by atoms with Crippen LogP contribution in [-0.4, -0.2) is 27.4 Å². The Kier molecular flexibility index (Phi) is 3.38. The minimum absolute atomic E-state index is 0.0864. The third-order valence-electron chi connectivity index (χ3n) is 3.73. The molecule has 1 aliphatic rings. The molecule has 0 amide bonds. The zero-order valence-electron chi connectivity index (χ0n) is 11.2. The summed E-state index contributed by atoms with van der Waals surface area (Å²) in [7, 11) is 0. The highest BCUT2D eigenvalue weighted by atomic mass is 16.5. The molecule has 0 saturated carbocycles. The predicted molar refractivity (Wildman–Crippen MR) is 72.5 cm³/mol. The Hall–Kier alpha value is -1.62. The molecule has 0 unspecified atom stereocenters. The van der Waals surface area contributed by atoms with Crippen LogP contribution in [0.4, 0.5) is 0 Å². The Morgan fingerprint density at radius 3 is 2.95 bits per heavy atom. The zero-order valence-corrected chi connectivity index (χ0v) is 11.2. The molecule has 5 nitrogen and oxygen atoms in total. The quantitative estimate of drug-likeness (QED) is 0.846. The van der Waals surface area contributed by atoms with E-state index in [0.29, 0.717) is 0 Å². The lowest BCUT2D eigenvalue weighted by Crippen LogP contribution is -2.31. The first-order chi connectivity index (χ1) is 9.31. The summed E-state index contributed by atoms with van der Waals surface area (Å²) in [6.07, 6.45) is 5.45. The Bertz CT molecular complexity index is 623. The average molecular weight is 261 g/mol. The highest BCUT2D eigenvalue weighted by molar-refractivity contribution is 5.39. The fourth-order valence-electron chi connectivity index (χ4n) is 2.83. The van der Waals surface area contributed by atoms with Crippen LogP contribution in [0.5, 0.6) is 0 Å². The van der Waals surface area contributed by atoms with E-state index in [1.165, 1.54) is 0 Å². The fourth-order valence-corrected chi connectivity index (χ4v) is 2.83. The number of hydrogen-bond acceptors (Lipinski definition) is 3. The number of nitrogens with zero attached hydrogens (tertiary/aromatic N) is 3. The second-order valence-corrected chi connectivity index (χ2v) is 5.04. The van der Waals surface area contributed by atoms with Crippen LogP contribution in [0, 0.1) is 0 Å². The molecule has 1 fully saturated rings. The van der Waals surface area contributed by atoms with E-state index in [0.717, 1.165) is 50.2 Å². The fraction of sp³-hybridized carbons (Fsp3) is 0.571. The van der Waals surface area contributed by atoms with Crippen LogP contribution >= 0.6 is 0 Å². The van der Waals surface area contributed by atoms with Crippen LogP contribution < -0.4 is 5.56 Å². The van der Waals surface area contributed by atoms with Crippen molar-refractivity contribution in [2.45, 2.75) is 38.6 Å². The Labute approximate surface area is 111 Å². The molecule has 0 spiro atoms. The van der Waals surface area contributed by atoms with Crippen LogP contribution in [0.3, 0.4) is 0 Å². The molecule has 3 rings (SSSR count). The van der Waals surface area contributed by atoms with Gasteiger partial charge in [0.05, 0.1) is 6.20 Å². The van der Waals surface area contributed by atoms with Crippen LogP contribution in [0.25, 0.3) is 5.65 Å². The Morgan fingerprint density at radius 2 is 2.21 bits per heavy atom. The predicted octanol–water partition coefficient (Wildman–Crippen LogP) is 1.80. The molecule has 2 aromatic heterocycles. The van der Waals surface area contributed by atoms with Gasteiger partial charge in [-0.2, -0.15) is 5.10 Å². The van der Waals surface area contributed by atoms with E-state index in [1.54, 1.807) is 12.3 Å². The summed E-state index contributed by atoms with van der Waals surface area (Å²) in [5.74, 6) is 0. The van der Waals surface area contributed by atoms with Crippen LogP contribution in [0.15, 0.2) is 23.1 Å². The highest BCUT2D eigenvalue weighted by Crippen LogP contribution is 2.21. The van der Waals surface area contributed by atoms with E-state index in [9.17, 15) is 4.79 Å².